The fourth-order valence-corrected chi connectivity index (χ4v) is 3.11. The van der Waals surface area contributed by atoms with Gasteiger partial charge in [-0.05, 0) is 24.5 Å². The summed E-state index contributed by atoms with van der Waals surface area (Å²) in [4.78, 5) is 25.1. The molecule has 124 valence electrons. The minimum absolute atomic E-state index is 0.0715. The molecule has 0 radical (unpaired) electrons. The standard InChI is InChI=1S/C17H22N2O4/c1-22-14-5-2-4-13-8-12(11-23-17(13)14)9-18-15(20)10-19-7-3-6-16(19)21/h2,4-5,12H,3,6-11H2,1H3,(H,18,20)/t12-/m0/s1. The number of benzene rings is 1. The van der Waals surface area contributed by atoms with E-state index in [2.05, 4.69) is 5.32 Å². The second-order valence-electron chi connectivity index (χ2n) is 6.05. The van der Waals surface area contributed by atoms with Gasteiger partial charge >= 0.3 is 0 Å². The third kappa shape index (κ3) is 3.57. The Morgan fingerprint density at radius 3 is 3.09 bits per heavy atom. The molecule has 0 saturated carbocycles. The summed E-state index contributed by atoms with van der Waals surface area (Å²) in [5.41, 5.74) is 1.10. The van der Waals surface area contributed by atoms with Crippen LogP contribution < -0.4 is 14.8 Å². The molecule has 2 aliphatic heterocycles. The molecular formula is C17H22N2O4. The van der Waals surface area contributed by atoms with Crippen molar-refractivity contribution >= 4 is 11.8 Å². The lowest BCUT2D eigenvalue weighted by Gasteiger charge is -2.27. The number of fused-ring (bicyclic) bond motifs is 1. The van der Waals surface area contributed by atoms with Gasteiger partial charge in [-0.15, -0.1) is 0 Å². The Morgan fingerprint density at radius 1 is 1.48 bits per heavy atom. The van der Waals surface area contributed by atoms with Gasteiger partial charge in [-0.25, -0.2) is 0 Å². The highest BCUT2D eigenvalue weighted by Gasteiger charge is 2.25. The average Bonchev–Trinajstić information content (AvgIpc) is 2.97. The second kappa shape index (κ2) is 6.89. The first-order valence-corrected chi connectivity index (χ1v) is 8.00. The number of amides is 2. The number of hydrogen-bond donors (Lipinski definition) is 1. The van der Waals surface area contributed by atoms with Crippen LogP contribution >= 0.6 is 0 Å². The number of methoxy groups -OCH3 is 1. The third-order valence-electron chi connectivity index (χ3n) is 4.35. The Kier molecular flexibility index (Phi) is 4.69. The van der Waals surface area contributed by atoms with Crippen LogP contribution in [0.5, 0.6) is 11.5 Å². The molecule has 2 aliphatic rings. The van der Waals surface area contributed by atoms with Crippen molar-refractivity contribution in [3.05, 3.63) is 23.8 Å². The van der Waals surface area contributed by atoms with Gasteiger partial charge in [-0.3, -0.25) is 9.59 Å². The topological polar surface area (TPSA) is 67.9 Å². The van der Waals surface area contributed by atoms with Crippen LogP contribution in [0, 0.1) is 5.92 Å². The van der Waals surface area contributed by atoms with Crippen LogP contribution in [0.2, 0.25) is 0 Å². The first kappa shape index (κ1) is 15.6. The minimum atomic E-state index is -0.100. The molecule has 0 spiro atoms. The quantitative estimate of drug-likeness (QED) is 0.879. The fraction of sp³-hybridized carbons (Fsp3) is 0.529. The Balaban J connectivity index is 1.50. The first-order valence-electron chi connectivity index (χ1n) is 8.00. The second-order valence-corrected chi connectivity index (χ2v) is 6.05. The predicted molar refractivity (Wildman–Crippen MR) is 84.5 cm³/mol. The summed E-state index contributed by atoms with van der Waals surface area (Å²) in [5.74, 6) is 1.75. The molecule has 1 saturated heterocycles. The third-order valence-corrected chi connectivity index (χ3v) is 4.35. The summed E-state index contributed by atoms with van der Waals surface area (Å²) in [7, 11) is 1.63. The van der Waals surface area contributed by atoms with E-state index in [1.165, 1.54) is 0 Å². The highest BCUT2D eigenvalue weighted by molar-refractivity contribution is 5.85. The van der Waals surface area contributed by atoms with Crippen molar-refractivity contribution in [3.8, 4) is 11.5 Å². The van der Waals surface area contributed by atoms with Gasteiger partial charge in [-0.1, -0.05) is 12.1 Å². The number of para-hydroxylation sites is 1. The number of nitrogens with one attached hydrogen (secondary N) is 1. The number of carbonyl (C=O) groups excluding carboxylic acids is 2. The Labute approximate surface area is 135 Å². The maximum Gasteiger partial charge on any atom is 0.239 e. The number of carbonyl (C=O) groups is 2. The van der Waals surface area contributed by atoms with Crippen LogP contribution in [-0.4, -0.2) is 50.1 Å². The smallest absolute Gasteiger partial charge is 0.239 e. The number of ether oxygens (including phenoxy) is 2. The normalized spacial score (nSPS) is 20.0. The van der Waals surface area contributed by atoms with Crippen LogP contribution in [0.4, 0.5) is 0 Å². The summed E-state index contributed by atoms with van der Waals surface area (Å²) in [6.07, 6.45) is 2.25. The highest BCUT2D eigenvalue weighted by atomic mass is 16.5. The molecule has 0 aromatic heterocycles. The van der Waals surface area contributed by atoms with E-state index in [-0.39, 0.29) is 24.3 Å². The minimum Gasteiger partial charge on any atom is -0.493 e. The van der Waals surface area contributed by atoms with Crippen LogP contribution in [0.3, 0.4) is 0 Å². The van der Waals surface area contributed by atoms with E-state index in [9.17, 15) is 9.59 Å². The SMILES string of the molecule is COc1cccc2c1OC[C@H](CNC(=O)CN1CCCC1=O)C2. The molecule has 6 heteroatoms. The van der Waals surface area contributed by atoms with E-state index in [4.69, 9.17) is 9.47 Å². The molecule has 6 nitrogen and oxygen atoms in total. The maximum absolute atomic E-state index is 12.0. The molecule has 1 aromatic carbocycles. The zero-order chi connectivity index (χ0) is 16.2. The van der Waals surface area contributed by atoms with E-state index in [0.29, 0.717) is 26.1 Å². The van der Waals surface area contributed by atoms with Crippen LogP contribution in [-0.2, 0) is 16.0 Å². The van der Waals surface area contributed by atoms with Crippen LogP contribution in [0.1, 0.15) is 18.4 Å². The number of likely N-dealkylation sites (tertiary alicyclic amines) is 1. The molecule has 0 aliphatic carbocycles. The number of nitrogens with zero attached hydrogens (tertiary/aromatic N) is 1. The van der Waals surface area contributed by atoms with Crippen molar-refractivity contribution in [2.24, 2.45) is 5.92 Å². The van der Waals surface area contributed by atoms with Crippen molar-refractivity contribution in [2.75, 3.05) is 33.4 Å². The number of hydrogen-bond acceptors (Lipinski definition) is 4. The van der Waals surface area contributed by atoms with Crippen molar-refractivity contribution < 1.29 is 19.1 Å². The van der Waals surface area contributed by atoms with E-state index in [0.717, 1.165) is 29.9 Å². The van der Waals surface area contributed by atoms with Crippen molar-refractivity contribution in [1.29, 1.82) is 0 Å². The van der Waals surface area contributed by atoms with Crippen molar-refractivity contribution in [2.45, 2.75) is 19.3 Å². The zero-order valence-electron chi connectivity index (χ0n) is 13.3. The Bertz CT molecular complexity index is 602. The number of rotatable bonds is 5. The maximum atomic E-state index is 12.0. The predicted octanol–water partition coefficient (Wildman–Crippen LogP) is 0.985. The lowest BCUT2D eigenvalue weighted by molar-refractivity contribution is -0.133. The summed E-state index contributed by atoms with van der Waals surface area (Å²) >= 11 is 0. The molecule has 23 heavy (non-hydrogen) atoms. The molecule has 3 rings (SSSR count). The largest absolute Gasteiger partial charge is 0.493 e. The first-order chi connectivity index (χ1) is 11.2. The highest BCUT2D eigenvalue weighted by Crippen LogP contribution is 2.35. The summed E-state index contributed by atoms with van der Waals surface area (Å²) in [5, 5.41) is 2.92. The average molecular weight is 318 g/mol. The fourth-order valence-electron chi connectivity index (χ4n) is 3.11. The Hall–Kier alpha value is -2.24. The lowest BCUT2D eigenvalue weighted by Crippen LogP contribution is -2.41. The molecule has 0 bridgehead atoms. The van der Waals surface area contributed by atoms with E-state index < -0.39 is 0 Å². The molecule has 2 heterocycles. The molecule has 1 N–H and O–H groups in total. The van der Waals surface area contributed by atoms with Gasteiger partial charge in [0.15, 0.2) is 11.5 Å². The van der Waals surface area contributed by atoms with Crippen LogP contribution in [0.25, 0.3) is 0 Å². The Morgan fingerprint density at radius 2 is 2.35 bits per heavy atom. The molecule has 1 fully saturated rings. The molecule has 0 unspecified atom stereocenters. The lowest BCUT2D eigenvalue weighted by atomic mass is 9.96. The van der Waals surface area contributed by atoms with Gasteiger partial charge in [0.1, 0.15) is 0 Å². The van der Waals surface area contributed by atoms with Gasteiger partial charge in [0.2, 0.25) is 11.8 Å². The van der Waals surface area contributed by atoms with E-state index in [1.807, 2.05) is 18.2 Å². The summed E-state index contributed by atoms with van der Waals surface area (Å²) in [6.45, 7) is 1.95. The van der Waals surface area contributed by atoms with Crippen LogP contribution in [0.15, 0.2) is 18.2 Å². The molecule has 1 atom stereocenters. The van der Waals surface area contributed by atoms with Gasteiger partial charge in [0.25, 0.3) is 0 Å². The van der Waals surface area contributed by atoms with E-state index >= 15 is 0 Å². The van der Waals surface area contributed by atoms with Crippen molar-refractivity contribution in [3.63, 3.8) is 0 Å². The molecular weight excluding hydrogens is 296 g/mol. The molecule has 1 aromatic rings. The monoisotopic (exact) mass is 318 g/mol. The van der Waals surface area contributed by atoms with Crippen molar-refractivity contribution in [1.82, 2.24) is 10.2 Å². The zero-order valence-corrected chi connectivity index (χ0v) is 13.3. The summed E-state index contributed by atoms with van der Waals surface area (Å²) in [6, 6.07) is 5.85. The molecule has 2 amide bonds. The van der Waals surface area contributed by atoms with Gasteiger partial charge < -0.3 is 19.7 Å². The van der Waals surface area contributed by atoms with Gasteiger partial charge in [0.05, 0.1) is 20.3 Å². The van der Waals surface area contributed by atoms with E-state index in [1.54, 1.807) is 12.0 Å². The van der Waals surface area contributed by atoms with Gasteiger partial charge in [-0.2, -0.15) is 0 Å². The van der Waals surface area contributed by atoms with Gasteiger partial charge in [0, 0.05) is 25.4 Å². The summed E-state index contributed by atoms with van der Waals surface area (Å²) < 4.78 is 11.1.